The van der Waals surface area contributed by atoms with Crippen molar-refractivity contribution in [1.82, 2.24) is 4.72 Å². The van der Waals surface area contributed by atoms with E-state index in [1.165, 1.54) is 0 Å². The first-order valence-corrected chi connectivity index (χ1v) is 9.21. The zero-order valence-corrected chi connectivity index (χ0v) is 14.6. The highest BCUT2D eigenvalue weighted by molar-refractivity contribution is 7.88. The molecule has 124 valence electrons. The minimum Gasteiger partial charge on any atom is -0.496 e. The molecule has 0 radical (unpaired) electrons. The van der Waals surface area contributed by atoms with Crippen molar-refractivity contribution in [3.8, 4) is 5.75 Å². The fraction of sp³-hybridized carbons (Fsp3) is 0.333. The fourth-order valence-corrected chi connectivity index (χ4v) is 3.65. The average molecular weight is 333 g/mol. The molecule has 0 bridgehead atoms. The van der Waals surface area contributed by atoms with Crippen molar-refractivity contribution in [2.24, 2.45) is 0 Å². The van der Waals surface area contributed by atoms with Gasteiger partial charge in [0.2, 0.25) is 10.0 Å². The molecule has 2 aromatic rings. The number of hydrogen-bond donors (Lipinski definition) is 1. The van der Waals surface area contributed by atoms with Gasteiger partial charge in [-0.3, -0.25) is 0 Å². The third-order valence-electron chi connectivity index (χ3n) is 3.63. The number of rotatable bonds is 7. The van der Waals surface area contributed by atoms with Gasteiger partial charge in [-0.05, 0) is 43.0 Å². The van der Waals surface area contributed by atoms with Gasteiger partial charge in [0.05, 0.1) is 12.9 Å². The minimum atomic E-state index is -3.32. The van der Waals surface area contributed by atoms with E-state index in [1.807, 2.05) is 56.3 Å². The van der Waals surface area contributed by atoms with Crippen LogP contribution in [-0.4, -0.2) is 22.1 Å². The lowest BCUT2D eigenvalue weighted by molar-refractivity contribution is 0.411. The van der Waals surface area contributed by atoms with Gasteiger partial charge < -0.3 is 4.74 Å². The first kappa shape index (κ1) is 17.5. The molecule has 0 saturated heterocycles. The van der Waals surface area contributed by atoms with Crippen molar-refractivity contribution < 1.29 is 13.2 Å². The van der Waals surface area contributed by atoms with Crippen LogP contribution in [0.15, 0.2) is 42.5 Å². The molecule has 0 heterocycles. The molecule has 0 aliphatic carbocycles. The van der Waals surface area contributed by atoms with Crippen LogP contribution < -0.4 is 9.46 Å². The van der Waals surface area contributed by atoms with E-state index in [1.54, 1.807) is 7.11 Å². The molecule has 0 amide bonds. The van der Waals surface area contributed by atoms with E-state index in [0.29, 0.717) is 13.0 Å². The lowest BCUT2D eigenvalue weighted by atomic mass is 10.1. The Labute approximate surface area is 138 Å². The van der Waals surface area contributed by atoms with Gasteiger partial charge in [-0.2, -0.15) is 0 Å². The maximum Gasteiger partial charge on any atom is 0.215 e. The van der Waals surface area contributed by atoms with Crippen molar-refractivity contribution in [2.75, 3.05) is 13.7 Å². The van der Waals surface area contributed by atoms with Crippen LogP contribution in [0.4, 0.5) is 0 Å². The van der Waals surface area contributed by atoms with Crippen LogP contribution in [-0.2, 0) is 22.2 Å². The zero-order chi connectivity index (χ0) is 16.9. The van der Waals surface area contributed by atoms with E-state index in [0.717, 1.165) is 28.0 Å². The summed E-state index contributed by atoms with van der Waals surface area (Å²) in [6.45, 7) is 4.32. The Morgan fingerprint density at radius 3 is 2.48 bits per heavy atom. The first-order valence-electron chi connectivity index (χ1n) is 7.56. The molecule has 2 aromatic carbocycles. The summed E-state index contributed by atoms with van der Waals surface area (Å²) >= 11 is 0. The molecule has 0 atom stereocenters. The summed E-state index contributed by atoms with van der Waals surface area (Å²) in [5, 5.41) is 0. The van der Waals surface area contributed by atoms with Gasteiger partial charge in [-0.15, -0.1) is 0 Å². The standard InChI is InChI=1S/C18H23NO3S/c1-14-5-4-6-17(11-14)13-23(20,21)19-10-9-16-7-8-18(22-3)15(2)12-16/h4-8,11-12,19H,9-10,13H2,1-3H3. The molecule has 0 unspecified atom stereocenters. The zero-order valence-electron chi connectivity index (χ0n) is 13.8. The molecule has 2 rings (SSSR count). The van der Waals surface area contributed by atoms with Crippen LogP contribution in [0, 0.1) is 13.8 Å². The van der Waals surface area contributed by atoms with Crippen LogP contribution >= 0.6 is 0 Å². The number of hydrogen-bond acceptors (Lipinski definition) is 3. The molecular weight excluding hydrogens is 310 g/mol. The predicted octanol–water partition coefficient (Wildman–Crippen LogP) is 2.97. The van der Waals surface area contributed by atoms with Crippen molar-refractivity contribution >= 4 is 10.0 Å². The summed E-state index contributed by atoms with van der Waals surface area (Å²) < 4.78 is 32.2. The Bertz CT molecular complexity index is 770. The van der Waals surface area contributed by atoms with Crippen LogP contribution in [0.3, 0.4) is 0 Å². The second kappa shape index (κ2) is 7.62. The third-order valence-corrected chi connectivity index (χ3v) is 4.99. The van der Waals surface area contributed by atoms with E-state index in [-0.39, 0.29) is 5.75 Å². The molecule has 0 aliphatic rings. The summed E-state index contributed by atoms with van der Waals surface area (Å²) in [6, 6.07) is 13.4. The van der Waals surface area contributed by atoms with Gasteiger partial charge in [0.15, 0.2) is 0 Å². The van der Waals surface area contributed by atoms with Gasteiger partial charge in [0.1, 0.15) is 5.75 Å². The predicted molar refractivity (Wildman–Crippen MR) is 93.2 cm³/mol. The Morgan fingerprint density at radius 1 is 1.04 bits per heavy atom. The summed E-state index contributed by atoms with van der Waals surface area (Å²) in [4.78, 5) is 0. The fourth-order valence-electron chi connectivity index (χ4n) is 2.52. The van der Waals surface area contributed by atoms with E-state index < -0.39 is 10.0 Å². The normalized spacial score (nSPS) is 11.4. The summed E-state index contributed by atoms with van der Waals surface area (Å²) in [6.07, 6.45) is 0.651. The molecular formula is C18H23NO3S. The van der Waals surface area contributed by atoms with Crippen LogP contribution in [0.25, 0.3) is 0 Å². The van der Waals surface area contributed by atoms with Gasteiger partial charge in [-0.25, -0.2) is 13.1 Å². The Kier molecular flexibility index (Phi) is 5.80. The van der Waals surface area contributed by atoms with Crippen molar-refractivity contribution in [2.45, 2.75) is 26.0 Å². The van der Waals surface area contributed by atoms with Crippen molar-refractivity contribution in [3.05, 3.63) is 64.7 Å². The van der Waals surface area contributed by atoms with Crippen LogP contribution in [0.2, 0.25) is 0 Å². The lowest BCUT2D eigenvalue weighted by Crippen LogP contribution is -2.27. The minimum absolute atomic E-state index is 0.0102. The average Bonchev–Trinajstić information content (AvgIpc) is 2.46. The molecule has 0 fully saturated rings. The summed E-state index contributed by atoms with van der Waals surface area (Å²) in [7, 11) is -1.68. The van der Waals surface area contributed by atoms with Gasteiger partial charge in [0, 0.05) is 6.54 Å². The largest absolute Gasteiger partial charge is 0.496 e. The Morgan fingerprint density at radius 2 is 1.83 bits per heavy atom. The SMILES string of the molecule is COc1ccc(CCNS(=O)(=O)Cc2cccc(C)c2)cc1C. The maximum absolute atomic E-state index is 12.1. The Hall–Kier alpha value is -1.85. The third kappa shape index (κ3) is 5.37. The van der Waals surface area contributed by atoms with E-state index >= 15 is 0 Å². The van der Waals surface area contributed by atoms with E-state index in [9.17, 15) is 8.42 Å². The quantitative estimate of drug-likeness (QED) is 0.847. The highest BCUT2D eigenvalue weighted by atomic mass is 32.2. The van der Waals surface area contributed by atoms with Crippen LogP contribution in [0.1, 0.15) is 22.3 Å². The molecule has 23 heavy (non-hydrogen) atoms. The molecule has 0 saturated carbocycles. The molecule has 1 N–H and O–H groups in total. The number of ether oxygens (including phenoxy) is 1. The van der Waals surface area contributed by atoms with Crippen molar-refractivity contribution in [1.29, 1.82) is 0 Å². The van der Waals surface area contributed by atoms with Crippen molar-refractivity contribution in [3.63, 3.8) is 0 Å². The topological polar surface area (TPSA) is 55.4 Å². The summed E-state index contributed by atoms with van der Waals surface area (Å²) in [5.74, 6) is 0.852. The highest BCUT2D eigenvalue weighted by Gasteiger charge is 2.11. The van der Waals surface area contributed by atoms with E-state index in [4.69, 9.17) is 4.74 Å². The second-order valence-electron chi connectivity index (χ2n) is 5.70. The Balaban J connectivity index is 1.91. The van der Waals surface area contributed by atoms with Gasteiger partial charge >= 0.3 is 0 Å². The number of methoxy groups -OCH3 is 1. The van der Waals surface area contributed by atoms with Gasteiger partial charge in [-0.1, -0.05) is 42.0 Å². The maximum atomic E-state index is 12.1. The highest BCUT2D eigenvalue weighted by Crippen LogP contribution is 2.18. The number of aryl methyl sites for hydroxylation is 2. The van der Waals surface area contributed by atoms with Gasteiger partial charge in [0.25, 0.3) is 0 Å². The lowest BCUT2D eigenvalue weighted by Gasteiger charge is -2.09. The van der Waals surface area contributed by atoms with E-state index in [2.05, 4.69) is 4.72 Å². The second-order valence-corrected chi connectivity index (χ2v) is 7.50. The smallest absolute Gasteiger partial charge is 0.215 e. The number of nitrogens with one attached hydrogen (secondary N) is 1. The summed E-state index contributed by atoms with van der Waals surface area (Å²) in [5.41, 5.74) is 4.00. The molecule has 4 nitrogen and oxygen atoms in total. The molecule has 5 heteroatoms. The first-order chi connectivity index (χ1) is 10.9. The van der Waals surface area contributed by atoms with Crippen LogP contribution in [0.5, 0.6) is 5.75 Å². The molecule has 0 aliphatic heterocycles. The number of benzene rings is 2. The number of sulfonamides is 1. The molecule has 0 aromatic heterocycles. The molecule has 0 spiro atoms. The monoisotopic (exact) mass is 333 g/mol.